The predicted octanol–water partition coefficient (Wildman–Crippen LogP) is 4.45. The molecule has 0 aliphatic rings. The van der Waals surface area contributed by atoms with E-state index < -0.39 is 0 Å². The molecule has 0 atom stereocenters. The number of halogens is 1. The van der Waals surface area contributed by atoms with Gasteiger partial charge in [0, 0.05) is 17.1 Å². The molecule has 22 heavy (non-hydrogen) atoms. The Hall–Kier alpha value is -2.07. The number of rotatable bonds is 6. The minimum absolute atomic E-state index is 0.181. The highest BCUT2D eigenvalue weighted by Crippen LogP contribution is 2.14. The number of aromatic nitrogens is 1. The number of amides is 1. The third kappa shape index (κ3) is 5.04. The Morgan fingerprint density at radius 1 is 1.18 bits per heavy atom. The van der Waals surface area contributed by atoms with Gasteiger partial charge in [0.05, 0.1) is 11.9 Å². The van der Waals surface area contributed by atoms with Crippen LogP contribution in [0.1, 0.15) is 30.6 Å². The van der Waals surface area contributed by atoms with Gasteiger partial charge in [-0.05, 0) is 48.7 Å². The van der Waals surface area contributed by atoms with Crippen LogP contribution in [0.4, 0.5) is 11.5 Å². The fourth-order valence-electron chi connectivity index (χ4n) is 1.87. The summed E-state index contributed by atoms with van der Waals surface area (Å²) in [6.45, 7) is 5.26. The first-order valence-electron chi connectivity index (χ1n) is 7.31. The first kappa shape index (κ1) is 16.3. The van der Waals surface area contributed by atoms with E-state index in [4.69, 9.17) is 11.6 Å². The van der Waals surface area contributed by atoms with E-state index in [2.05, 4.69) is 29.5 Å². The van der Waals surface area contributed by atoms with Gasteiger partial charge in [-0.3, -0.25) is 4.79 Å². The highest BCUT2D eigenvalue weighted by Gasteiger charge is 2.06. The van der Waals surface area contributed by atoms with Crippen LogP contribution in [0.25, 0.3) is 0 Å². The summed E-state index contributed by atoms with van der Waals surface area (Å²) in [5.41, 5.74) is 1.22. The smallest absolute Gasteiger partial charge is 0.255 e. The first-order chi connectivity index (χ1) is 10.5. The molecule has 0 unspecified atom stereocenters. The fraction of sp³-hybridized carbons (Fsp3) is 0.294. The van der Waals surface area contributed by atoms with Gasteiger partial charge in [0.2, 0.25) is 0 Å². The highest BCUT2D eigenvalue weighted by molar-refractivity contribution is 6.30. The quantitative estimate of drug-likeness (QED) is 0.827. The number of pyridine rings is 1. The van der Waals surface area contributed by atoms with E-state index in [1.807, 2.05) is 12.1 Å². The first-order valence-corrected chi connectivity index (χ1v) is 7.69. The van der Waals surface area contributed by atoms with Crippen LogP contribution < -0.4 is 10.6 Å². The molecular formula is C17H20ClN3O. The van der Waals surface area contributed by atoms with Crippen molar-refractivity contribution in [1.82, 2.24) is 4.98 Å². The van der Waals surface area contributed by atoms with E-state index in [-0.39, 0.29) is 5.91 Å². The topological polar surface area (TPSA) is 54.0 Å². The SMILES string of the molecule is CC(C)CCNc1ccc(NC(=O)c2ccc(Cl)cc2)cn1. The van der Waals surface area contributed by atoms with Gasteiger partial charge in [-0.15, -0.1) is 0 Å². The molecule has 2 N–H and O–H groups in total. The van der Waals surface area contributed by atoms with Crippen LogP contribution in [0.5, 0.6) is 0 Å². The monoisotopic (exact) mass is 317 g/mol. The van der Waals surface area contributed by atoms with Crippen LogP contribution in [0.15, 0.2) is 42.6 Å². The van der Waals surface area contributed by atoms with Crippen LogP contribution in [-0.2, 0) is 0 Å². The third-order valence-corrected chi connectivity index (χ3v) is 3.41. The van der Waals surface area contributed by atoms with Crippen LogP contribution >= 0.6 is 11.6 Å². The lowest BCUT2D eigenvalue weighted by Gasteiger charge is -2.09. The van der Waals surface area contributed by atoms with Crippen molar-refractivity contribution in [2.24, 2.45) is 5.92 Å². The molecule has 4 nitrogen and oxygen atoms in total. The zero-order valence-corrected chi connectivity index (χ0v) is 13.5. The van der Waals surface area contributed by atoms with Crippen LogP contribution in [0.3, 0.4) is 0 Å². The Bertz CT molecular complexity index is 609. The molecule has 116 valence electrons. The number of carbonyl (C=O) groups excluding carboxylic acids is 1. The molecule has 5 heteroatoms. The second-order valence-electron chi connectivity index (χ2n) is 5.50. The van der Waals surface area contributed by atoms with E-state index in [9.17, 15) is 4.79 Å². The average Bonchev–Trinajstić information content (AvgIpc) is 2.49. The molecule has 0 bridgehead atoms. The predicted molar refractivity (Wildman–Crippen MR) is 91.6 cm³/mol. The van der Waals surface area contributed by atoms with Crippen molar-refractivity contribution in [3.63, 3.8) is 0 Å². The molecule has 0 spiro atoms. The lowest BCUT2D eigenvalue weighted by Crippen LogP contribution is -2.12. The van der Waals surface area contributed by atoms with Crippen LogP contribution in [-0.4, -0.2) is 17.4 Å². The van der Waals surface area contributed by atoms with Crippen LogP contribution in [0.2, 0.25) is 5.02 Å². The standard InChI is InChI=1S/C17H20ClN3O/c1-12(2)9-10-19-16-8-7-15(11-20-16)21-17(22)13-3-5-14(18)6-4-13/h3-8,11-12H,9-10H2,1-2H3,(H,19,20)(H,21,22). The largest absolute Gasteiger partial charge is 0.370 e. The van der Waals surface area contributed by atoms with E-state index in [0.29, 0.717) is 22.2 Å². The third-order valence-electron chi connectivity index (χ3n) is 3.16. The Morgan fingerprint density at radius 3 is 2.50 bits per heavy atom. The number of hydrogen-bond donors (Lipinski definition) is 2. The molecule has 0 saturated heterocycles. The summed E-state index contributed by atoms with van der Waals surface area (Å²) >= 11 is 5.81. The number of benzene rings is 1. The molecular weight excluding hydrogens is 298 g/mol. The van der Waals surface area contributed by atoms with Crippen molar-refractivity contribution >= 4 is 29.0 Å². The van der Waals surface area contributed by atoms with Gasteiger partial charge in [0.1, 0.15) is 5.82 Å². The lowest BCUT2D eigenvalue weighted by atomic mass is 10.1. The van der Waals surface area contributed by atoms with E-state index in [0.717, 1.165) is 18.8 Å². The Morgan fingerprint density at radius 2 is 1.91 bits per heavy atom. The maximum atomic E-state index is 12.1. The minimum atomic E-state index is -0.181. The van der Waals surface area contributed by atoms with Gasteiger partial charge in [0.15, 0.2) is 0 Å². The summed E-state index contributed by atoms with van der Waals surface area (Å²) < 4.78 is 0. The number of hydrogen-bond acceptors (Lipinski definition) is 3. The molecule has 0 aliphatic carbocycles. The van der Waals surface area contributed by atoms with Crippen molar-refractivity contribution < 1.29 is 4.79 Å². The summed E-state index contributed by atoms with van der Waals surface area (Å²) in [6, 6.07) is 10.4. The number of carbonyl (C=O) groups is 1. The molecule has 1 aromatic carbocycles. The van der Waals surface area contributed by atoms with E-state index in [1.165, 1.54) is 0 Å². The average molecular weight is 318 g/mol. The Labute approximate surface area is 135 Å². The van der Waals surface area contributed by atoms with Gasteiger partial charge < -0.3 is 10.6 Å². The second kappa shape index (κ2) is 7.80. The minimum Gasteiger partial charge on any atom is -0.370 e. The van der Waals surface area contributed by atoms with Crippen molar-refractivity contribution in [3.05, 3.63) is 53.2 Å². The van der Waals surface area contributed by atoms with Gasteiger partial charge >= 0.3 is 0 Å². The fourth-order valence-corrected chi connectivity index (χ4v) is 1.99. The zero-order chi connectivity index (χ0) is 15.9. The van der Waals surface area contributed by atoms with E-state index >= 15 is 0 Å². The number of nitrogens with one attached hydrogen (secondary N) is 2. The molecule has 0 radical (unpaired) electrons. The lowest BCUT2D eigenvalue weighted by molar-refractivity contribution is 0.102. The van der Waals surface area contributed by atoms with Crippen molar-refractivity contribution in [1.29, 1.82) is 0 Å². The Balaban J connectivity index is 1.90. The molecule has 1 amide bonds. The van der Waals surface area contributed by atoms with Crippen molar-refractivity contribution in [3.8, 4) is 0 Å². The van der Waals surface area contributed by atoms with Crippen LogP contribution in [0, 0.1) is 5.92 Å². The maximum absolute atomic E-state index is 12.1. The molecule has 0 aliphatic heterocycles. The van der Waals surface area contributed by atoms with E-state index in [1.54, 1.807) is 30.5 Å². The highest BCUT2D eigenvalue weighted by atomic mass is 35.5. The normalized spacial score (nSPS) is 10.5. The summed E-state index contributed by atoms with van der Waals surface area (Å²) in [4.78, 5) is 16.3. The molecule has 0 fully saturated rings. The summed E-state index contributed by atoms with van der Waals surface area (Å²) in [5.74, 6) is 1.29. The summed E-state index contributed by atoms with van der Waals surface area (Å²) in [6.07, 6.45) is 2.74. The second-order valence-corrected chi connectivity index (χ2v) is 5.94. The molecule has 2 rings (SSSR count). The van der Waals surface area contributed by atoms with Gasteiger partial charge in [-0.25, -0.2) is 4.98 Å². The zero-order valence-electron chi connectivity index (χ0n) is 12.8. The number of anilines is 2. The van der Waals surface area contributed by atoms with Gasteiger partial charge in [-0.2, -0.15) is 0 Å². The van der Waals surface area contributed by atoms with Gasteiger partial charge in [-0.1, -0.05) is 25.4 Å². The van der Waals surface area contributed by atoms with Crippen molar-refractivity contribution in [2.75, 3.05) is 17.2 Å². The maximum Gasteiger partial charge on any atom is 0.255 e. The summed E-state index contributed by atoms with van der Waals surface area (Å²) in [7, 11) is 0. The van der Waals surface area contributed by atoms with Gasteiger partial charge in [0.25, 0.3) is 5.91 Å². The van der Waals surface area contributed by atoms with Crippen molar-refractivity contribution in [2.45, 2.75) is 20.3 Å². The molecule has 1 aromatic heterocycles. The molecule has 1 heterocycles. The molecule has 2 aromatic rings. The molecule has 0 saturated carbocycles. The Kier molecular flexibility index (Phi) is 5.78. The summed E-state index contributed by atoms with van der Waals surface area (Å²) in [5, 5.41) is 6.67. The number of nitrogens with zero attached hydrogens (tertiary/aromatic N) is 1.